The van der Waals surface area contributed by atoms with Gasteiger partial charge in [-0.15, -0.1) is 0 Å². The van der Waals surface area contributed by atoms with Crippen LogP contribution in [0, 0.1) is 17.7 Å². The minimum absolute atomic E-state index is 0.0209. The number of aryl methyl sites for hydroxylation is 1. The van der Waals surface area contributed by atoms with Crippen molar-refractivity contribution in [2.75, 3.05) is 6.54 Å². The Morgan fingerprint density at radius 3 is 2.49 bits per heavy atom. The number of benzene rings is 1. The van der Waals surface area contributed by atoms with Crippen LogP contribution < -0.4 is 20.1 Å². The molecule has 7 aliphatic rings. The lowest BCUT2D eigenvalue weighted by Crippen LogP contribution is -2.70. The summed E-state index contributed by atoms with van der Waals surface area (Å²) in [6, 6.07) is 2.78. The van der Waals surface area contributed by atoms with Crippen molar-refractivity contribution < 1.29 is 41.5 Å². The average molecular weight is 834 g/mol. The monoisotopic (exact) mass is 833 g/mol. The highest BCUT2D eigenvalue weighted by molar-refractivity contribution is 7.91. The average Bonchev–Trinajstić information content (AvgIpc) is 4.10. The third kappa shape index (κ3) is 7.16. The third-order valence-electron chi connectivity index (χ3n) is 14.6. The lowest BCUT2D eigenvalue weighted by Gasteiger charge is -2.48. The first kappa shape index (κ1) is 40.2. The van der Waals surface area contributed by atoms with Crippen LogP contribution in [0.15, 0.2) is 30.4 Å². The molecule has 15 heteroatoms. The number of hydrogen-bond donors (Lipinski definition) is 3. The van der Waals surface area contributed by atoms with E-state index in [1.54, 1.807) is 13.0 Å². The zero-order chi connectivity index (χ0) is 41.5. The quantitative estimate of drug-likeness (QED) is 0.284. The number of ether oxygens (including phenoxy) is 2. The van der Waals surface area contributed by atoms with Gasteiger partial charge in [0.25, 0.3) is 5.91 Å². The zero-order valence-corrected chi connectivity index (χ0v) is 35.1. The molecule has 4 amide bonds. The van der Waals surface area contributed by atoms with Crippen molar-refractivity contribution in [3.63, 3.8) is 0 Å². The Bertz CT molecular complexity index is 2240. The molecule has 3 aliphatic heterocycles. The van der Waals surface area contributed by atoms with E-state index in [1.165, 1.54) is 11.0 Å². The molecule has 4 aliphatic carbocycles. The first-order valence-electron chi connectivity index (χ1n) is 21.7. The van der Waals surface area contributed by atoms with Crippen LogP contribution in [-0.2, 0) is 35.6 Å². The highest BCUT2D eigenvalue weighted by atomic mass is 32.2. The van der Waals surface area contributed by atoms with Gasteiger partial charge < -0.3 is 25.0 Å². The van der Waals surface area contributed by atoms with Crippen molar-refractivity contribution in [3.05, 3.63) is 47.4 Å². The summed E-state index contributed by atoms with van der Waals surface area (Å²) in [7, 11) is -4.02. The number of nitrogens with zero attached hydrogens (tertiary/aromatic N) is 2. The van der Waals surface area contributed by atoms with Gasteiger partial charge in [-0.1, -0.05) is 51.0 Å². The highest BCUT2D eigenvalue weighted by Crippen LogP contribution is 2.52. The summed E-state index contributed by atoms with van der Waals surface area (Å²) in [5.74, 6) is -1.90. The fourth-order valence-corrected chi connectivity index (χ4v) is 11.1. The standard InChI is InChI=1S/C44H56FN5O8S/c1-26(2)43(22-23-43)58-40(54)46-32-13-8-6-4-5-7-10-28-16-19-44(28,39(53)49-59(55,56)41(3)20-21-41)48-37(51)33-24-42(25-50(33)38(32)52)18-17-30-29-11-9-12-31(45)35(29)47-34(27-14-15-27)36(30)57-42/h7,9-12,26-28,32-33H,4-6,8,13-25H2,1-3H3,(H,46,54)(H,48,51)(H,49,53). The number of carbonyl (C=O) groups excluding carboxylic acids is 4. The van der Waals surface area contributed by atoms with Crippen molar-refractivity contribution in [1.82, 2.24) is 25.2 Å². The summed E-state index contributed by atoms with van der Waals surface area (Å²) in [5.41, 5.74) is -1.32. The van der Waals surface area contributed by atoms with E-state index in [1.807, 2.05) is 32.1 Å². The Balaban J connectivity index is 1.07. The lowest BCUT2D eigenvalue weighted by molar-refractivity contribution is -0.144. The van der Waals surface area contributed by atoms with Crippen molar-refractivity contribution in [1.29, 1.82) is 0 Å². The van der Waals surface area contributed by atoms with E-state index < -0.39 is 79.1 Å². The van der Waals surface area contributed by atoms with Crippen LogP contribution in [0.2, 0.25) is 0 Å². The van der Waals surface area contributed by atoms with Gasteiger partial charge in [0.1, 0.15) is 45.9 Å². The maximum atomic E-state index is 15.1. The van der Waals surface area contributed by atoms with Crippen LogP contribution in [-0.4, -0.2) is 82.2 Å². The number of allylic oxidation sites excluding steroid dienone is 1. The fourth-order valence-electron chi connectivity index (χ4n) is 9.83. The van der Waals surface area contributed by atoms with Crippen LogP contribution in [0.1, 0.15) is 134 Å². The van der Waals surface area contributed by atoms with Gasteiger partial charge in [-0.25, -0.2) is 22.6 Å². The minimum atomic E-state index is -4.02. The second kappa shape index (κ2) is 14.4. The van der Waals surface area contributed by atoms with Gasteiger partial charge in [0.2, 0.25) is 21.8 Å². The Labute approximate surface area is 345 Å². The molecule has 9 rings (SSSR count). The number of amides is 4. The normalized spacial score (nSPS) is 31.1. The number of sulfonamides is 1. The smallest absolute Gasteiger partial charge is 0.408 e. The molecule has 2 aromatic rings. The number of alkyl carbamates (subject to hydrolysis) is 1. The maximum Gasteiger partial charge on any atom is 0.408 e. The Morgan fingerprint density at radius 2 is 1.81 bits per heavy atom. The van der Waals surface area contributed by atoms with E-state index in [4.69, 9.17) is 14.5 Å². The topological polar surface area (TPSA) is 173 Å². The molecule has 3 N–H and O–H groups in total. The van der Waals surface area contributed by atoms with Crippen LogP contribution in [0.4, 0.5) is 9.18 Å². The van der Waals surface area contributed by atoms with E-state index in [2.05, 4.69) is 15.4 Å². The van der Waals surface area contributed by atoms with Crippen LogP contribution in [0.25, 0.3) is 10.9 Å². The number of carbonyl (C=O) groups is 4. The minimum Gasteiger partial charge on any atom is -0.483 e. The molecule has 5 atom stereocenters. The van der Waals surface area contributed by atoms with Gasteiger partial charge in [0.15, 0.2) is 0 Å². The van der Waals surface area contributed by atoms with E-state index in [9.17, 15) is 22.8 Å². The van der Waals surface area contributed by atoms with Crippen LogP contribution in [0.5, 0.6) is 5.75 Å². The Hall–Kier alpha value is -4.27. The number of halogens is 1. The van der Waals surface area contributed by atoms with Gasteiger partial charge in [0, 0.05) is 29.2 Å². The fraction of sp³-hybridized carbons (Fsp3) is 0.659. The molecule has 4 heterocycles. The van der Waals surface area contributed by atoms with E-state index >= 15 is 9.18 Å². The molecule has 5 unspecified atom stereocenters. The second-order valence-electron chi connectivity index (χ2n) is 19.0. The van der Waals surface area contributed by atoms with Gasteiger partial charge in [-0.2, -0.15) is 0 Å². The molecule has 0 radical (unpaired) electrons. The number of rotatable bonds is 7. The number of nitrogens with one attached hydrogen (secondary N) is 3. The molecular formula is C44H56FN5O8S. The molecular weight excluding hydrogens is 778 g/mol. The molecule has 1 aromatic carbocycles. The molecule has 1 saturated heterocycles. The summed E-state index contributed by atoms with van der Waals surface area (Å²) in [4.78, 5) is 64.0. The molecule has 318 valence electrons. The van der Waals surface area contributed by atoms with Crippen molar-refractivity contribution >= 4 is 44.7 Å². The molecule has 1 spiro atoms. The maximum absolute atomic E-state index is 15.1. The van der Waals surface area contributed by atoms with Gasteiger partial charge in [0.05, 0.1) is 17.0 Å². The van der Waals surface area contributed by atoms with Crippen LogP contribution in [0.3, 0.4) is 0 Å². The lowest BCUT2D eigenvalue weighted by atomic mass is 9.65. The number of para-hydroxylation sites is 1. The SMILES string of the molecule is CC(C)C1(OC(=O)NC2CCCCCC=CC3CCC3(C(=O)NS(=O)(=O)C3(C)CC3)NC(=O)C3CC4(CCc5c(c(C6CC6)nc6c(F)cccc56)O4)CN3C2=O)CC1. The summed E-state index contributed by atoms with van der Waals surface area (Å²) in [6.07, 6.45) is 12.4. The molecule has 0 bridgehead atoms. The molecule has 5 fully saturated rings. The second-order valence-corrected chi connectivity index (χ2v) is 21.2. The molecule has 1 aromatic heterocycles. The summed E-state index contributed by atoms with van der Waals surface area (Å²) >= 11 is 0. The van der Waals surface area contributed by atoms with E-state index in [0.717, 1.165) is 44.1 Å². The van der Waals surface area contributed by atoms with Crippen molar-refractivity contribution in [2.45, 2.75) is 163 Å². The first-order valence-corrected chi connectivity index (χ1v) is 23.2. The number of aromatic nitrogens is 1. The third-order valence-corrected chi connectivity index (χ3v) is 16.8. The number of pyridine rings is 1. The number of fused-ring (bicyclic) bond motifs is 5. The van der Waals surface area contributed by atoms with Crippen LogP contribution >= 0.6 is 0 Å². The van der Waals surface area contributed by atoms with Gasteiger partial charge in [-0.3, -0.25) is 19.1 Å². The zero-order valence-electron chi connectivity index (χ0n) is 34.2. The predicted octanol–water partition coefficient (Wildman–Crippen LogP) is 5.98. The van der Waals surface area contributed by atoms with Crippen molar-refractivity contribution in [2.24, 2.45) is 11.8 Å². The van der Waals surface area contributed by atoms with E-state index in [-0.39, 0.29) is 31.2 Å². The van der Waals surface area contributed by atoms with Gasteiger partial charge in [-0.05, 0) is 102 Å². The highest BCUT2D eigenvalue weighted by Gasteiger charge is 2.60. The molecule has 59 heavy (non-hydrogen) atoms. The summed E-state index contributed by atoms with van der Waals surface area (Å²) in [6.45, 7) is 5.63. The summed E-state index contributed by atoms with van der Waals surface area (Å²) in [5, 5.41) is 6.58. The predicted molar refractivity (Wildman–Crippen MR) is 216 cm³/mol. The Kier molecular flexibility index (Phi) is 9.82. The van der Waals surface area contributed by atoms with E-state index in [0.29, 0.717) is 73.7 Å². The number of hydrogen-bond acceptors (Lipinski definition) is 9. The van der Waals surface area contributed by atoms with Crippen molar-refractivity contribution in [3.8, 4) is 5.75 Å². The molecule has 4 saturated carbocycles. The summed E-state index contributed by atoms with van der Waals surface area (Å²) < 4.78 is 56.1. The largest absolute Gasteiger partial charge is 0.483 e. The first-order chi connectivity index (χ1) is 28.1. The molecule has 13 nitrogen and oxygen atoms in total. The Morgan fingerprint density at radius 1 is 1.03 bits per heavy atom. The van der Waals surface area contributed by atoms with Gasteiger partial charge >= 0.3 is 6.09 Å².